The van der Waals surface area contributed by atoms with Crippen molar-refractivity contribution in [3.05, 3.63) is 82.4 Å². The van der Waals surface area contributed by atoms with Gasteiger partial charge in [0.15, 0.2) is 11.6 Å². The monoisotopic (exact) mass is 391 g/mol. The predicted octanol–water partition coefficient (Wildman–Crippen LogP) is 4.63. The summed E-state index contributed by atoms with van der Waals surface area (Å²) in [7, 11) is 0. The molecule has 0 atom stereocenters. The van der Waals surface area contributed by atoms with Crippen molar-refractivity contribution in [3.8, 4) is 0 Å². The minimum atomic E-state index is -0.236. The van der Waals surface area contributed by atoms with Crippen molar-refractivity contribution >= 4 is 29.3 Å². The molecule has 5 nitrogen and oxygen atoms in total. The van der Waals surface area contributed by atoms with Crippen LogP contribution in [0, 0.1) is 20.8 Å². The molecule has 6 heteroatoms. The standard InChI is InChI=1S/C22H21N3O2S/c1-14-4-7-17(8-5-14)22(27)23-20-10-11-21(25-24-20)28-13-19(26)18-9-6-15(2)12-16(18)3/h4-12H,13H2,1-3H3,(H,23,24,27). The van der Waals surface area contributed by atoms with Crippen molar-refractivity contribution in [2.45, 2.75) is 25.8 Å². The molecule has 3 aromatic rings. The van der Waals surface area contributed by atoms with E-state index in [9.17, 15) is 9.59 Å². The van der Waals surface area contributed by atoms with Gasteiger partial charge in [-0.2, -0.15) is 0 Å². The lowest BCUT2D eigenvalue weighted by molar-refractivity contribution is 0.101. The van der Waals surface area contributed by atoms with Crippen LogP contribution in [0.5, 0.6) is 0 Å². The number of hydrogen-bond donors (Lipinski definition) is 1. The Balaban J connectivity index is 1.57. The smallest absolute Gasteiger partial charge is 0.256 e. The molecule has 28 heavy (non-hydrogen) atoms. The lowest BCUT2D eigenvalue weighted by atomic mass is 10.0. The number of thioether (sulfide) groups is 1. The van der Waals surface area contributed by atoms with Gasteiger partial charge in [0.05, 0.1) is 5.75 Å². The third kappa shape index (κ3) is 5.04. The Morgan fingerprint density at radius 2 is 1.61 bits per heavy atom. The van der Waals surface area contributed by atoms with Gasteiger partial charge in [-0.25, -0.2) is 0 Å². The van der Waals surface area contributed by atoms with Gasteiger partial charge in [0.2, 0.25) is 0 Å². The minimum absolute atomic E-state index is 0.0565. The molecule has 1 N–H and O–H groups in total. The van der Waals surface area contributed by atoms with E-state index in [-0.39, 0.29) is 17.4 Å². The molecule has 0 unspecified atom stereocenters. The normalized spacial score (nSPS) is 10.5. The quantitative estimate of drug-likeness (QED) is 0.490. The van der Waals surface area contributed by atoms with Gasteiger partial charge in [0, 0.05) is 11.1 Å². The SMILES string of the molecule is Cc1ccc(C(=O)Nc2ccc(SCC(=O)c3ccc(C)cc3C)nn2)cc1. The van der Waals surface area contributed by atoms with E-state index < -0.39 is 0 Å². The van der Waals surface area contributed by atoms with Crippen LogP contribution in [0.1, 0.15) is 37.4 Å². The van der Waals surface area contributed by atoms with Crippen LogP contribution in [-0.2, 0) is 0 Å². The summed E-state index contributed by atoms with van der Waals surface area (Å²) in [6.45, 7) is 5.91. The van der Waals surface area contributed by atoms with Gasteiger partial charge >= 0.3 is 0 Å². The fraction of sp³-hybridized carbons (Fsp3) is 0.182. The van der Waals surface area contributed by atoms with Crippen molar-refractivity contribution in [3.63, 3.8) is 0 Å². The molecule has 0 aliphatic carbocycles. The maximum atomic E-state index is 12.4. The molecule has 1 aromatic heterocycles. The number of hydrogen-bond acceptors (Lipinski definition) is 5. The van der Waals surface area contributed by atoms with E-state index in [4.69, 9.17) is 0 Å². The molecule has 0 spiro atoms. The molecule has 0 bridgehead atoms. The van der Waals surface area contributed by atoms with Crippen LogP contribution in [0.3, 0.4) is 0 Å². The van der Waals surface area contributed by atoms with E-state index in [0.717, 1.165) is 22.3 Å². The number of Topliss-reactive ketones (excluding diaryl/α,β-unsaturated/α-hetero) is 1. The lowest BCUT2D eigenvalue weighted by Gasteiger charge is -2.07. The molecule has 142 valence electrons. The Morgan fingerprint density at radius 1 is 0.893 bits per heavy atom. The number of anilines is 1. The zero-order valence-corrected chi connectivity index (χ0v) is 16.8. The molecular weight excluding hydrogens is 370 g/mol. The Labute approximate surface area is 168 Å². The first kappa shape index (κ1) is 19.8. The van der Waals surface area contributed by atoms with E-state index in [1.54, 1.807) is 24.3 Å². The molecule has 0 fully saturated rings. The van der Waals surface area contributed by atoms with Crippen molar-refractivity contribution in [1.29, 1.82) is 0 Å². The van der Waals surface area contributed by atoms with Crippen molar-refractivity contribution in [1.82, 2.24) is 10.2 Å². The predicted molar refractivity (Wildman–Crippen MR) is 112 cm³/mol. The molecule has 0 aliphatic rings. The number of nitrogens with zero attached hydrogens (tertiary/aromatic N) is 2. The van der Waals surface area contributed by atoms with E-state index in [1.165, 1.54) is 11.8 Å². The largest absolute Gasteiger partial charge is 0.305 e. The first-order valence-electron chi connectivity index (χ1n) is 8.87. The second-order valence-electron chi connectivity index (χ2n) is 6.61. The van der Waals surface area contributed by atoms with Crippen LogP contribution in [-0.4, -0.2) is 27.6 Å². The molecule has 3 rings (SSSR count). The van der Waals surface area contributed by atoms with Crippen LogP contribution in [0.25, 0.3) is 0 Å². The number of carbonyl (C=O) groups is 2. The number of nitrogens with one attached hydrogen (secondary N) is 1. The number of benzene rings is 2. The van der Waals surface area contributed by atoms with Crippen LogP contribution < -0.4 is 5.32 Å². The highest BCUT2D eigenvalue weighted by Gasteiger charge is 2.11. The van der Waals surface area contributed by atoms with E-state index in [2.05, 4.69) is 15.5 Å². The van der Waals surface area contributed by atoms with Gasteiger partial charge in [0.1, 0.15) is 5.03 Å². The van der Waals surface area contributed by atoms with E-state index in [1.807, 2.05) is 51.1 Å². The molecule has 1 amide bonds. The van der Waals surface area contributed by atoms with E-state index in [0.29, 0.717) is 16.4 Å². The molecule has 0 radical (unpaired) electrons. The molecule has 2 aromatic carbocycles. The van der Waals surface area contributed by atoms with Crippen molar-refractivity contribution in [2.75, 3.05) is 11.1 Å². The number of carbonyl (C=O) groups excluding carboxylic acids is 2. The highest BCUT2D eigenvalue weighted by atomic mass is 32.2. The number of aromatic nitrogens is 2. The highest BCUT2D eigenvalue weighted by Crippen LogP contribution is 2.19. The fourth-order valence-electron chi connectivity index (χ4n) is 2.70. The Hall–Kier alpha value is -2.99. The average molecular weight is 391 g/mol. The second-order valence-corrected chi connectivity index (χ2v) is 7.60. The van der Waals surface area contributed by atoms with Crippen LogP contribution in [0.15, 0.2) is 59.6 Å². The second kappa shape index (κ2) is 8.80. The third-order valence-electron chi connectivity index (χ3n) is 4.23. The fourth-order valence-corrected chi connectivity index (χ4v) is 3.40. The minimum Gasteiger partial charge on any atom is -0.305 e. The molecular formula is C22H21N3O2S. The van der Waals surface area contributed by atoms with Crippen LogP contribution in [0.4, 0.5) is 5.82 Å². The number of amides is 1. The van der Waals surface area contributed by atoms with Gasteiger partial charge in [0.25, 0.3) is 5.91 Å². The Morgan fingerprint density at radius 3 is 2.25 bits per heavy atom. The Kier molecular flexibility index (Phi) is 6.21. The summed E-state index contributed by atoms with van der Waals surface area (Å²) in [5.41, 5.74) is 4.49. The first-order chi connectivity index (χ1) is 13.4. The first-order valence-corrected chi connectivity index (χ1v) is 9.86. The number of aryl methyl sites for hydroxylation is 3. The summed E-state index contributed by atoms with van der Waals surface area (Å²) in [6.07, 6.45) is 0. The van der Waals surface area contributed by atoms with E-state index >= 15 is 0 Å². The van der Waals surface area contributed by atoms with Gasteiger partial charge in [-0.3, -0.25) is 9.59 Å². The average Bonchev–Trinajstić information content (AvgIpc) is 2.67. The molecule has 0 saturated heterocycles. The topological polar surface area (TPSA) is 72.0 Å². The highest BCUT2D eigenvalue weighted by molar-refractivity contribution is 7.99. The lowest BCUT2D eigenvalue weighted by Crippen LogP contribution is -2.13. The van der Waals surface area contributed by atoms with Gasteiger partial charge in [-0.05, 0) is 50.6 Å². The van der Waals surface area contributed by atoms with Gasteiger partial charge < -0.3 is 5.32 Å². The number of rotatable bonds is 6. The van der Waals surface area contributed by atoms with Crippen molar-refractivity contribution < 1.29 is 9.59 Å². The number of ketones is 1. The summed E-state index contributed by atoms with van der Waals surface area (Å²) in [4.78, 5) is 24.6. The summed E-state index contributed by atoms with van der Waals surface area (Å²) < 4.78 is 0. The third-order valence-corrected chi connectivity index (χ3v) is 5.15. The van der Waals surface area contributed by atoms with Gasteiger partial charge in [-0.1, -0.05) is 53.2 Å². The molecule has 0 saturated carbocycles. The van der Waals surface area contributed by atoms with Crippen LogP contribution in [0.2, 0.25) is 0 Å². The summed E-state index contributed by atoms with van der Waals surface area (Å²) in [5.74, 6) is 0.476. The Bertz CT molecular complexity index is 999. The zero-order valence-electron chi connectivity index (χ0n) is 16.0. The summed E-state index contributed by atoms with van der Waals surface area (Å²) in [6, 6.07) is 16.5. The summed E-state index contributed by atoms with van der Waals surface area (Å²) >= 11 is 1.33. The van der Waals surface area contributed by atoms with Gasteiger partial charge in [-0.15, -0.1) is 10.2 Å². The maximum absolute atomic E-state index is 12.4. The molecule has 0 aliphatic heterocycles. The van der Waals surface area contributed by atoms with Crippen molar-refractivity contribution in [2.24, 2.45) is 0 Å². The summed E-state index contributed by atoms with van der Waals surface area (Å²) in [5, 5.41) is 11.5. The van der Waals surface area contributed by atoms with Crippen LogP contribution >= 0.6 is 11.8 Å². The molecule has 1 heterocycles. The maximum Gasteiger partial charge on any atom is 0.256 e. The zero-order chi connectivity index (χ0) is 20.1.